The molecule has 0 amide bonds. The zero-order valence-electron chi connectivity index (χ0n) is 30.2. The average molecular weight is 640 g/mol. The molecule has 12 atom stereocenters. The van der Waals surface area contributed by atoms with Crippen molar-refractivity contribution >= 4 is 5.97 Å². The molecule has 3 N–H and O–H groups in total. The van der Waals surface area contributed by atoms with Crippen LogP contribution in [0.1, 0.15) is 114 Å². The van der Waals surface area contributed by atoms with E-state index in [0.717, 1.165) is 38.5 Å². The summed E-state index contributed by atoms with van der Waals surface area (Å²) in [6, 6.07) is -0.0582. The van der Waals surface area contributed by atoms with Crippen molar-refractivity contribution in [1.82, 2.24) is 20.2 Å². The first-order valence-corrected chi connectivity index (χ1v) is 18.0. The van der Waals surface area contributed by atoms with Gasteiger partial charge in [0.1, 0.15) is 6.33 Å². The molecule has 46 heavy (non-hydrogen) atoms. The maximum atomic E-state index is 13.4. The van der Waals surface area contributed by atoms with Crippen LogP contribution in [0.2, 0.25) is 0 Å². The Hall–Kier alpha value is -1.84. The number of carboxylic acids is 1. The van der Waals surface area contributed by atoms with Crippen molar-refractivity contribution < 1.29 is 19.4 Å². The Morgan fingerprint density at radius 1 is 1.13 bits per heavy atom. The molecule has 2 unspecified atom stereocenters. The summed E-state index contributed by atoms with van der Waals surface area (Å²) in [5.41, 5.74) is 6.65. The van der Waals surface area contributed by atoms with E-state index in [1.54, 1.807) is 6.33 Å². The Labute approximate surface area is 276 Å². The number of hydrogen-bond donors (Lipinski definition) is 2. The van der Waals surface area contributed by atoms with Crippen molar-refractivity contribution in [3.63, 3.8) is 0 Å². The highest BCUT2D eigenvalue weighted by Crippen LogP contribution is 2.75. The van der Waals surface area contributed by atoms with Crippen LogP contribution in [0.3, 0.4) is 0 Å². The quantitative estimate of drug-likeness (QED) is 0.306. The van der Waals surface area contributed by atoms with Gasteiger partial charge in [-0.05, 0) is 102 Å². The summed E-state index contributed by atoms with van der Waals surface area (Å²) in [7, 11) is 0. The molecular weight excluding hydrogens is 578 g/mol. The van der Waals surface area contributed by atoms with Gasteiger partial charge >= 0.3 is 5.97 Å². The van der Waals surface area contributed by atoms with Crippen molar-refractivity contribution in [3.05, 3.63) is 18.0 Å². The van der Waals surface area contributed by atoms with E-state index in [1.165, 1.54) is 5.57 Å². The van der Waals surface area contributed by atoms with Crippen LogP contribution in [0.5, 0.6) is 0 Å². The molecule has 5 aliphatic rings. The second-order valence-corrected chi connectivity index (χ2v) is 18.3. The molecule has 6 rings (SSSR count). The van der Waals surface area contributed by atoms with E-state index in [9.17, 15) is 9.90 Å². The molecule has 1 saturated heterocycles. The predicted molar refractivity (Wildman–Crippen MR) is 178 cm³/mol. The number of tetrazole rings is 1. The lowest BCUT2D eigenvalue weighted by atomic mass is 9.34. The van der Waals surface area contributed by atoms with Crippen LogP contribution in [-0.2, 0) is 14.3 Å². The van der Waals surface area contributed by atoms with Crippen LogP contribution in [0, 0.1) is 62.6 Å². The Bertz CT molecular complexity index is 1340. The van der Waals surface area contributed by atoms with Gasteiger partial charge in [0.15, 0.2) is 0 Å². The standard InChI is InChI=1S/C37H61N5O4/c1-22(2)24(5)32(6)15-16-34(8)25-11-12-28-33(7)18-45-20-37(28,26(25)13-14-35(34,9)29(32)31(43)44)17-27(42-21-39-40-41-42)30(33)46-19-36(10,38)23(3)4/h13,21-25,27-30H,11-12,14-20,38H2,1-10H3,(H,43,44)/t24-,25+,27-,28+,29-,30+,32-,33?,34-,35+,36?,37+/m1/s1. The predicted octanol–water partition coefficient (Wildman–Crippen LogP) is 6.56. The molecule has 2 heterocycles. The van der Waals surface area contributed by atoms with Crippen LogP contribution in [0.4, 0.5) is 0 Å². The lowest BCUT2D eigenvalue weighted by molar-refractivity contribution is -0.252. The summed E-state index contributed by atoms with van der Waals surface area (Å²) in [4.78, 5) is 13.4. The molecule has 0 aromatic carbocycles. The number of fused-ring (bicyclic) bond motifs is 3. The molecule has 1 aromatic rings. The van der Waals surface area contributed by atoms with Crippen molar-refractivity contribution in [2.24, 2.45) is 68.3 Å². The summed E-state index contributed by atoms with van der Waals surface area (Å²) < 4.78 is 15.5. The number of aliphatic carboxylic acids is 1. The minimum Gasteiger partial charge on any atom is -0.481 e. The van der Waals surface area contributed by atoms with Gasteiger partial charge in [0, 0.05) is 16.4 Å². The number of ether oxygens (including phenoxy) is 2. The fourth-order valence-electron chi connectivity index (χ4n) is 11.9. The van der Waals surface area contributed by atoms with Crippen molar-refractivity contribution in [1.29, 1.82) is 0 Å². The van der Waals surface area contributed by atoms with Gasteiger partial charge in [-0.25, -0.2) is 4.68 Å². The third-order valence-corrected chi connectivity index (χ3v) is 15.7. The van der Waals surface area contributed by atoms with Crippen LogP contribution in [0.15, 0.2) is 18.0 Å². The van der Waals surface area contributed by atoms with Gasteiger partial charge in [-0.2, -0.15) is 0 Å². The van der Waals surface area contributed by atoms with E-state index in [1.807, 2.05) is 4.68 Å². The lowest BCUT2D eigenvalue weighted by Crippen LogP contribution is -2.69. The number of nitrogens with two attached hydrogens (primary N) is 1. The molecule has 4 aliphatic carbocycles. The number of rotatable bonds is 8. The summed E-state index contributed by atoms with van der Waals surface area (Å²) in [6.45, 7) is 24.3. The summed E-state index contributed by atoms with van der Waals surface area (Å²) in [6.07, 6.45) is 9.87. The highest BCUT2D eigenvalue weighted by atomic mass is 16.5. The van der Waals surface area contributed by atoms with Gasteiger partial charge in [-0.3, -0.25) is 4.79 Å². The Morgan fingerprint density at radius 2 is 1.85 bits per heavy atom. The van der Waals surface area contributed by atoms with Crippen LogP contribution in [-0.4, -0.2) is 62.7 Å². The van der Waals surface area contributed by atoms with Gasteiger partial charge in [0.05, 0.1) is 37.9 Å². The highest BCUT2D eigenvalue weighted by molar-refractivity contribution is 5.73. The Balaban J connectivity index is 1.43. The van der Waals surface area contributed by atoms with Gasteiger partial charge in [-0.15, -0.1) is 5.10 Å². The van der Waals surface area contributed by atoms with Crippen molar-refractivity contribution in [2.75, 3.05) is 19.8 Å². The molecular formula is C37H61N5O4. The smallest absolute Gasteiger partial charge is 0.307 e. The third-order valence-electron chi connectivity index (χ3n) is 15.7. The Kier molecular flexibility index (Phi) is 8.21. The lowest BCUT2D eigenvalue weighted by Gasteiger charge is -2.71. The Morgan fingerprint density at radius 3 is 2.46 bits per heavy atom. The largest absolute Gasteiger partial charge is 0.481 e. The second kappa shape index (κ2) is 11.1. The van der Waals surface area contributed by atoms with Gasteiger partial charge in [0.2, 0.25) is 0 Å². The molecule has 2 bridgehead atoms. The van der Waals surface area contributed by atoms with E-state index < -0.39 is 17.4 Å². The molecule has 3 saturated carbocycles. The van der Waals surface area contributed by atoms with Crippen molar-refractivity contribution in [2.45, 2.75) is 125 Å². The molecule has 0 spiro atoms. The van der Waals surface area contributed by atoms with Gasteiger partial charge < -0.3 is 20.3 Å². The summed E-state index contributed by atoms with van der Waals surface area (Å²) in [5, 5.41) is 23.6. The first kappa shape index (κ1) is 34.0. The summed E-state index contributed by atoms with van der Waals surface area (Å²) >= 11 is 0. The monoisotopic (exact) mass is 639 g/mol. The number of hydrogen-bond acceptors (Lipinski definition) is 7. The zero-order chi connectivity index (χ0) is 33.7. The van der Waals surface area contributed by atoms with Gasteiger partial charge in [-0.1, -0.05) is 74.0 Å². The topological polar surface area (TPSA) is 125 Å². The highest BCUT2D eigenvalue weighted by Gasteiger charge is 2.72. The molecule has 0 radical (unpaired) electrons. The number of aromatic nitrogens is 4. The normalized spacial score (nSPS) is 45.7. The number of carboxylic acid groups (broad SMARTS) is 1. The van der Waals surface area contributed by atoms with E-state index in [0.29, 0.717) is 43.5 Å². The van der Waals surface area contributed by atoms with Crippen molar-refractivity contribution in [3.8, 4) is 0 Å². The molecule has 9 nitrogen and oxygen atoms in total. The zero-order valence-corrected chi connectivity index (χ0v) is 30.2. The average Bonchev–Trinajstić information content (AvgIpc) is 3.51. The maximum Gasteiger partial charge on any atom is 0.307 e. The minimum atomic E-state index is -0.620. The van der Waals surface area contributed by atoms with E-state index >= 15 is 0 Å². The molecule has 1 aromatic heterocycles. The fourth-order valence-corrected chi connectivity index (χ4v) is 11.9. The molecule has 258 valence electrons. The third kappa shape index (κ3) is 4.56. The number of carbonyl (C=O) groups is 1. The van der Waals surface area contributed by atoms with Gasteiger partial charge in [0.25, 0.3) is 0 Å². The van der Waals surface area contributed by atoms with E-state index in [2.05, 4.69) is 90.8 Å². The maximum absolute atomic E-state index is 13.4. The van der Waals surface area contributed by atoms with Crippen LogP contribution >= 0.6 is 0 Å². The minimum absolute atomic E-state index is 0.0582. The molecule has 9 heteroatoms. The van der Waals surface area contributed by atoms with Crippen LogP contribution in [0.25, 0.3) is 0 Å². The molecule has 1 aliphatic heterocycles. The van der Waals surface area contributed by atoms with E-state index in [4.69, 9.17) is 15.2 Å². The second-order valence-electron chi connectivity index (χ2n) is 18.3. The first-order chi connectivity index (χ1) is 21.4. The first-order valence-electron chi connectivity index (χ1n) is 18.0. The van der Waals surface area contributed by atoms with Crippen LogP contribution < -0.4 is 5.73 Å². The SMILES string of the molecule is CC(C)[C@@H](C)[C@@]1(C)CC[C@]2(C)[C@H]3CC[C@H]4C5(C)COC[C@@]4(C[C@@H](n4cnnn4)[C@@H]5OCC(C)(N)C(C)C)C3=CC[C@@]2(C)[C@@H]1C(=O)O. The number of nitrogens with zero attached hydrogens (tertiary/aromatic N) is 4. The van der Waals surface area contributed by atoms with E-state index in [-0.39, 0.29) is 45.1 Å². The number of allylic oxidation sites excluding steroid dienone is 1. The summed E-state index contributed by atoms with van der Waals surface area (Å²) in [5.74, 6) is 0.696. The molecule has 4 fully saturated rings. The fraction of sp³-hybridized carbons (Fsp3) is 0.892.